The fourth-order valence-electron chi connectivity index (χ4n) is 7.02. The number of benzene rings is 7. The standard InChI is InChI=1S/C44H32N2OS/c1-29-12-11-17-33(24-29)46(35-21-23-43-38(26-35)37-18-9-10-19-42(37)48-43)36-25-30(2)44-39-27-34(20-22-40(39)47-41(44)28-36)45(31-13-5-3-6-14-31)32-15-7-4-8-16-32/h3-28H,1-2H3. The fraction of sp³-hybridized carbons (Fsp3) is 0.0455. The van der Waals surface area contributed by atoms with Gasteiger partial charge in [0.25, 0.3) is 0 Å². The molecule has 0 radical (unpaired) electrons. The highest BCUT2D eigenvalue weighted by Crippen LogP contribution is 2.44. The quantitative estimate of drug-likeness (QED) is 0.181. The van der Waals surface area contributed by atoms with Crippen LogP contribution in [0.15, 0.2) is 162 Å². The summed E-state index contributed by atoms with van der Waals surface area (Å²) >= 11 is 1.85. The number of furan rings is 1. The largest absolute Gasteiger partial charge is 0.456 e. The van der Waals surface area contributed by atoms with Crippen molar-refractivity contribution >= 4 is 87.6 Å². The van der Waals surface area contributed by atoms with Crippen molar-refractivity contribution in [1.82, 2.24) is 0 Å². The molecule has 4 heteroatoms. The summed E-state index contributed by atoms with van der Waals surface area (Å²) in [7, 11) is 0. The molecule has 230 valence electrons. The average molecular weight is 637 g/mol. The number of rotatable bonds is 6. The molecule has 0 fully saturated rings. The second-order valence-electron chi connectivity index (χ2n) is 12.4. The minimum atomic E-state index is 0.878. The van der Waals surface area contributed by atoms with E-state index in [-0.39, 0.29) is 0 Å². The number of thiophene rings is 1. The first-order chi connectivity index (χ1) is 23.6. The van der Waals surface area contributed by atoms with Crippen LogP contribution in [0.1, 0.15) is 11.1 Å². The first-order valence-corrected chi connectivity index (χ1v) is 17.1. The van der Waals surface area contributed by atoms with Crippen molar-refractivity contribution in [3.63, 3.8) is 0 Å². The summed E-state index contributed by atoms with van der Waals surface area (Å²) in [4.78, 5) is 4.65. The molecule has 48 heavy (non-hydrogen) atoms. The van der Waals surface area contributed by atoms with Crippen LogP contribution in [0.25, 0.3) is 42.1 Å². The highest BCUT2D eigenvalue weighted by Gasteiger charge is 2.20. The third-order valence-corrected chi connectivity index (χ3v) is 10.3. The zero-order valence-corrected chi connectivity index (χ0v) is 27.5. The van der Waals surface area contributed by atoms with Crippen LogP contribution in [0.3, 0.4) is 0 Å². The Labute approximate surface area is 283 Å². The molecule has 3 nitrogen and oxygen atoms in total. The number of fused-ring (bicyclic) bond motifs is 6. The molecule has 0 saturated carbocycles. The topological polar surface area (TPSA) is 19.6 Å². The van der Waals surface area contributed by atoms with Gasteiger partial charge in [0.05, 0.1) is 5.69 Å². The van der Waals surface area contributed by atoms with Gasteiger partial charge >= 0.3 is 0 Å². The lowest BCUT2D eigenvalue weighted by Gasteiger charge is -2.26. The first-order valence-electron chi connectivity index (χ1n) is 16.3. The van der Waals surface area contributed by atoms with Gasteiger partial charge in [0.1, 0.15) is 11.2 Å². The highest BCUT2D eigenvalue weighted by atomic mass is 32.1. The SMILES string of the molecule is Cc1cccc(N(c2cc(C)c3c(c2)oc2ccc(N(c4ccccc4)c4ccccc4)cc23)c2ccc3sc4ccccc4c3c2)c1. The normalized spacial score (nSPS) is 11.5. The lowest BCUT2D eigenvalue weighted by molar-refractivity contribution is 0.669. The van der Waals surface area contributed by atoms with Crippen LogP contribution in [-0.4, -0.2) is 0 Å². The van der Waals surface area contributed by atoms with Gasteiger partial charge in [-0.25, -0.2) is 0 Å². The van der Waals surface area contributed by atoms with Gasteiger partial charge in [0.2, 0.25) is 0 Å². The zero-order chi connectivity index (χ0) is 32.2. The van der Waals surface area contributed by atoms with Crippen LogP contribution < -0.4 is 9.80 Å². The molecule has 2 aromatic heterocycles. The molecule has 0 bridgehead atoms. The van der Waals surface area contributed by atoms with Crippen LogP contribution in [0.4, 0.5) is 34.1 Å². The second-order valence-corrected chi connectivity index (χ2v) is 13.5. The van der Waals surface area contributed by atoms with E-state index in [1.165, 1.54) is 31.3 Å². The molecule has 0 amide bonds. The highest BCUT2D eigenvalue weighted by molar-refractivity contribution is 7.25. The summed E-state index contributed by atoms with van der Waals surface area (Å²) in [6.45, 7) is 4.35. The van der Waals surface area contributed by atoms with Crippen LogP contribution in [0, 0.1) is 13.8 Å². The Hall–Kier alpha value is -5.84. The van der Waals surface area contributed by atoms with Crippen molar-refractivity contribution in [3.8, 4) is 0 Å². The van der Waals surface area contributed by atoms with Gasteiger partial charge in [-0.15, -0.1) is 11.3 Å². The molecular weight excluding hydrogens is 605 g/mol. The van der Waals surface area contributed by atoms with E-state index in [9.17, 15) is 0 Å². The fourth-order valence-corrected chi connectivity index (χ4v) is 8.11. The zero-order valence-electron chi connectivity index (χ0n) is 26.7. The van der Waals surface area contributed by atoms with Crippen molar-refractivity contribution in [2.75, 3.05) is 9.80 Å². The predicted molar refractivity (Wildman–Crippen MR) is 205 cm³/mol. The van der Waals surface area contributed by atoms with Crippen molar-refractivity contribution in [3.05, 3.63) is 169 Å². The Morgan fingerprint density at radius 2 is 1.02 bits per heavy atom. The van der Waals surface area contributed by atoms with Crippen LogP contribution in [0.5, 0.6) is 0 Å². The Morgan fingerprint density at radius 3 is 1.77 bits per heavy atom. The molecule has 0 aliphatic heterocycles. The van der Waals surface area contributed by atoms with Crippen molar-refractivity contribution in [2.45, 2.75) is 13.8 Å². The summed E-state index contributed by atoms with van der Waals surface area (Å²) in [6, 6.07) is 56.3. The minimum absolute atomic E-state index is 0.878. The lowest BCUT2D eigenvalue weighted by Crippen LogP contribution is -2.10. The molecule has 0 aliphatic carbocycles. The van der Waals surface area contributed by atoms with E-state index < -0.39 is 0 Å². The third-order valence-electron chi connectivity index (χ3n) is 9.16. The van der Waals surface area contributed by atoms with E-state index in [2.05, 4.69) is 181 Å². The summed E-state index contributed by atoms with van der Waals surface area (Å²) in [5.74, 6) is 0. The van der Waals surface area contributed by atoms with Crippen molar-refractivity contribution in [1.29, 1.82) is 0 Å². The van der Waals surface area contributed by atoms with Gasteiger partial charge in [-0.1, -0.05) is 66.7 Å². The van der Waals surface area contributed by atoms with Crippen LogP contribution in [0.2, 0.25) is 0 Å². The maximum atomic E-state index is 6.64. The summed E-state index contributed by atoms with van der Waals surface area (Å²) < 4.78 is 9.24. The first kappa shape index (κ1) is 28.4. The summed E-state index contributed by atoms with van der Waals surface area (Å²) in [6.07, 6.45) is 0. The van der Waals surface area contributed by atoms with Gasteiger partial charge < -0.3 is 14.2 Å². The van der Waals surface area contributed by atoms with E-state index in [4.69, 9.17) is 4.42 Å². The van der Waals surface area contributed by atoms with Gasteiger partial charge in [0.15, 0.2) is 0 Å². The smallest absolute Gasteiger partial charge is 0.137 e. The number of anilines is 6. The molecule has 0 N–H and O–H groups in total. The molecule has 9 aromatic rings. The van der Waals surface area contributed by atoms with E-state index in [1.807, 2.05) is 11.3 Å². The monoisotopic (exact) mass is 636 g/mol. The Kier molecular flexibility index (Phi) is 6.77. The summed E-state index contributed by atoms with van der Waals surface area (Å²) in [5, 5.41) is 4.82. The number of nitrogens with zero attached hydrogens (tertiary/aromatic N) is 2. The number of aryl methyl sites for hydroxylation is 2. The van der Waals surface area contributed by atoms with Crippen LogP contribution >= 0.6 is 11.3 Å². The molecule has 0 spiro atoms. The predicted octanol–water partition coefficient (Wildman–Crippen LogP) is 13.5. The Balaban J connectivity index is 1.22. The van der Waals surface area contributed by atoms with Gasteiger partial charge in [-0.3, -0.25) is 0 Å². The lowest BCUT2D eigenvalue weighted by atomic mass is 10.0. The maximum absolute atomic E-state index is 6.64. The molecule has 0 saturated heterocycles. The molecule has 0 unspecified atom stereocenters. The van der Waals surface area contributed by atoms with Crippen molar-refractivity contribution in [2.24, 2.45) is 0 Å². The molecular formula is C44H32N2OS. The van der Waals surface area contributed by atoms with E-state index in [1.54, 1.807) is 0 Å². The number of hydrogen-bond acceptors (Lipinski definition) is 4. The van der Waals surface area contributed by atoms with E-state index >= 15 is 0 Å². The van der Waals surface area contributed by atoms with E-state index in [0.717, 1.165) is 56.1 Å². The minimum Gasteiger partial charge on any atom is -0.456 e. The van der Waals surface area contributed by atoms with Gasteiger partial charge in [0, 0.05) is 65.4 Å². The Bertz CT molecular complexity index is 2560. The van der Waals surface area contributed by atoms with Crippen molar-refractivity contribution < 1.29 is 4.42 Å². The van der Waals surface area contributed by atoms with Gasteiger partial charge in [-0.2, -0.15) is 0 Å². The van der Waals surface area contributed by atoms with Gasteiger partial charge in [-0.05, 0) is 110 Å². The second kappa shape index (κ2) is 11.4. The average Bonchev–Trinajstić information content (AvgIpc) is 3.68. The number of para-hydroxylation sites is 2. The molecule has 0 atom stereocenters. The maximum Gasteiger partial charge on any atom is 0.137 e. The molecule has 9 rings (SSSR count). The molecule has 0 aliphatic rings. The molecule has 7 aromatic carbocycles. The van der Waals surface area contributed by atoms with E-state index in [0.29, 0.717) is 0 Å². The Morgan fingerprint density at radius 1 is 0.417 bits per heavy atom. The number of hydrogen-bond donors (Lipinski definition) is 0. The molecule has 2 heterocycles. The van der Waals surface area contributed by atoms with Crippen LogP contribution in [-0.2, 0) is 0 Å². The summed E-state index contributed by atoms with van der Waals surface area (Å²) in [5.41, 5.74) is 10.8. The third kappa shape index (κ3) is 4.81.